The van der Waals surface area contributed by atoms with Crippen LogP contribution >= 0.6 is 24.0 Å². The molecule has 0 radical (unpaired) electrons. The van der Waals surface area contributed by atoms with Crippen LogP contribution in [0.4, 0.5) is 5.69 Å². The number of benzene rings is 2. The van der Waals surface area contributed by atoms with Crippen molar-refractivity contribution in [2.45, 2.75) is 20.0 Å². The lowest BCUT2D eigenvalue weighted by Crippen LogP contribution is -2.27. The highest BCUT2D eigenvalue weighted by Crippen LogP contribution is 2.37. The highest BCUT2D eigenvalue weighted by Gasteiger charge is 2.33. The molecule has 7 heteroatoms. The number of anilines is 1. The van der Waals surface area contributed by atoms with Gasteiger partial charge >= 0.3 is 5.97 Å². The summed E-state index contributed by atoms with van der Waals surface area (Å²) in [6.07, 6.45) is 1.76. The summed E-state index contributed by atoms with van der Waals surface area (Å²) in [5, 5.41) is 9.17. The number of carboxylic acids is 1. The predicted molar refractivity (Wildman–Crippen MR) is 111 cm³/mol. The first kappa shape index (κ1) is 19.1. The molecule has 3 rings (SSSR count). The third-order valence-corrected chi connectivity index (χ3v) is 5.02. The maximum Gasteiger partial charge on any atom is 0.335 e. The molecule has 0 bridgehead atoms. The quantitative estimate of drug-likeness (QED) is 0.586. The van der Waals surface area contributed by atoms with Gasteiger partial charge in [0.15, 0.2) is 4.32 Å². The van der Waals surface area contributed by atoms with Gasteiger partial charge in [0.2, 0.25) is 0 Å². The van der Waals surface area contributed by atoms with Crippen LogP contribution in [-0.4, -0.2) is 27.4 Å². The zero-order valence-electron chi connectivity index (χ0n) is 14.7. The predicted octanol–water partition coefficient (Wildman–Crippen LogP) is 4.58. The van der Waals surface area contributed by atoms with E-state index in [0.717, 1.165) is 5.56 Å². The number of hydrogen-bond acceptors (Lipinski definition) is 5. The van der Waals surface area contributed by atoms with Crippen molar-refractivity contribution in [1.29, 1.82) is 0 Å². The highest BCUT2D eigenvalue weighted by atomic mass is 32.2. The molecule has 138 valence electrons. The van der Waals surface area contributed by atoms with E-state index < -0.39 is 5.97 Å². The lowest BCUT2D eigenvalue weighted by Gasteiger charge is -2.15. The Morgan fingerprint density at radius 3 is 2.67 bits per heavy atom. The van der Waals surface area contributed by atoms with Gasteiger partial charge in [0.05, 0.1) is 22.3 Å². The van der Waals surface area contributed by atoms with Crippen LogP contribution in [0, 0.1) is 0 Å². The number of hydrogen-bond donors (Lipinski definition) is 1. The molecule has 0 atom stereocenters. The topological polar surface area (TPSA) is 66.8 Å². The number of carbonyl (C=O) groups excluding carboxylic acids is 1. The normalized spacial score (nSPS) is 15.7. The Morgan fingerprint density at radius 1 is 1.22 bits per heavy atom. The van der Waals surface area contributed by atoms with Gasteiger partial charge < -0.3 is 9.84 Å². The van der Waals surface area contributed by atoms with E-state index in [9.17, 15) is 9.59 Å². The van der Waals surface area contributed by atoms with Crippen molar-refractivity contribution in [3.05, 3.63) is 64.6 Å². The third-order valence-electron chi connectivity index (χ3n) is 3.71. The summed E-state index contributed by atoms with van der Waals surface area (Å²) in [5.74, 6) is -0.657. The molecule has 2 aromatic carbocycles. The van der Waals surface area contributed by atoms with E-state index in [1.807, 2.05) is 38.1 Å². The first-order chi connectivity index (χ1) is 12.9. The van der Waals surface area contributed by atoms with Crippen LogP contribution in [0.5, 0.6) is 5.75 Å². The molecule has 27 heavy (non-hydrogen) atoms. The monoisotopic (exact) mass is 399 g/mol. The molecule has 1 N–H and O–H groups in total. The minimum absolute atomic E-state index is 0.00724. The standard InChI is InChI=1S/C20H17NO4S2/c1-12(2)25-16-9-4-3-6-13(16)11-17-18(22)21(20(26)27-17)15-8-5-7-14(10-15)19(23)24/h3-12H,1-2H3,(H,23,24)/b17-11+. The number of rotatable bonds is 5. The molecular formula is C20H17NO4S2. The summed E-state index contributed by atoms with van der Waals surface area (Å²) in [6.45, 7) is 3.87. The Balaban J connectivity index is 1.94. The summed E-state index contributed by atoms with van der Waals surface area (Å²) in [4.78, 5) is 25.9. The van der Waals surface area contributed by atoms with Gasteiger partial charge in [0, 0.05) is 5.56 Å². The SMILES string of the molecule is CC(C)Oc1ccccc1/C=C1/SC(=S)N(c2cccc(C(=O)O)c2)C1=O. The number of thioether (sulfide) groups is 1. The maximum absolute atomic E-state index is 12.9. The molecule has 1 amide bonds. The van der Waals surface area contributed by atoms with E-state index in [4.69, 9.17) is 22.1 Å². The fourth-order valence-electron chi connectivity index (χ4n) is 2.57. The molecule has 5 nitrogen and oxygen atoms in total. The molecule has 1 aliphatic heterocycles. The van der Waals surface area contributed by atoms with Crippen LogP contribution in [0.3, 0.4) is 0 Å². The van der Waals surface area contributed by atoms with Gasteiger partial charge in [0.25, 0.3) is 5.91 Å². The third kappa shape index (κ3) is 4.20. The molecule has 0 aliphatic carbocycles. The van der Waals surface area contributed by atoms with Gasteiger partial charge in [0.1, 0.15) is 5.75 Å². The molecule has 0 spiro atoms. The molecule has 0 unspecified atom stereocenters. The summed E-state index contributed by atoms with van der Waals surface area (Å²) in [7, 11) is 0. The first-order valence-corrected chi connectivity index (χ1v) is 9.46. The smallest absolute Gasteiger partial charge is 0.335 e. The van der Waals surface area contributed by atoms with Gasteiger partial charge in [-0.3, -0.25) is 9.69 Å². The largest absolute Gasteiger partial charge is 0.490 e. The lowest BCUT2D eigenvalue weighted by atomic mass is 10.1. The van der Waals surface area contributed by atoms with Crippen LogP contribution in [0.2, 0.25) is 0 Å². The van der Waals surface area contributed by atoms with Crippen LogP contribution in [0.25, 0.3) is 6.08 Å². The number of thiocarbonyl (C=S) groups is 1. The van der Waals surface area contributed by atoms with Gasteiger partial charge in [-0.25, -0.2) is 4.79 Å². The van der Waals surface area contributed by atoms with Gasteiger partial charge in [-0.15, -0.1) is 0 Å². The van der Waals surface area contributed by atoms with Crippen molar-refractivity contribution in [1.82, 2.24) is 0 Å². The van der Waals surface area contributed by atoms with Crippen molar-refractivity contribution in [2.75, 3.05) is 4.90 Å². The van der Waals surface area contributed by atoms with Crippen LogP contribution < -0.4 is 9.64 Å². The van der Waals surface area contributed by atoms with Crippen LogP contribution in [0.15, 0.2) is 53.4 Å². The zero-order valence-corrected chi connectivity index (χ0v) is 16.3. The second-order valence-electron chi connectivity index (χ2n) is 6.08. The zero-order chi connectivity index (χ0) is 19.6. The number of carboxylic acid groups (broad SMARTS) is 1. The Bertz CT molecular complexity index is 953. The minimum Gasteiger partial charge on any atom is -0.490 e. The van der Waals surface area contributed by atoms with E-state index in [1.165, 1.54) is 28.8 Å². The lowest BCUT2D eigenvalue weighted by molar-refractivity contribution is -0.113. The molecule has 0 aromatic heterocycles. The summed E-state index contributed by atoms with van der Waals surface area (Å²) in [5.41, 5.74) is 1.32. The van der Waals surface area contributed by atoms with Crippen molar-refractivity contribution in [2.24, 2.45) is 0 Å². The molecule has 2 aromatic rings. The molecule has 1 fully saturated rings. The van der Waals surface area contributed by atoms with Crippen LogP contribution in [-0.2, 0) is 4.79 Å². The molecule has 0 saturated carbocycles. The molecule has 1 saturated heterocycles. The second-order valence-corrected chi connectivity index (χ2v) is 7.75. The Hall–Kier alpha value is -2.64. The van der Waals surface area contributed by atoms with E-state index in [-0.39, 0.29) is 17.6 Å². The number of amides is 1. The fraction of sp³-hybridized carbons (Fsp3) is 0.150. The van der Waals surface area contributed by atoms with Crippen molar-refractivity contribution < 1.29 is 19.4 Å². The van der Waals surface area contributed by atoms with Gasteiger partial charge in [-0.05, 0) is 44.2 Å². The molecular weight excluding hydrogens is 382 g/mol. The Labute approximate surface area is 166 Å². The highest BCUT2D eigenvalue weighted by molar-refractivity contribution is 8.27. The summed E-state index contributed by atoms with van der Waals surface area (Å²) < 4.78 is 6.15. The molecule has 1 aliphatic rings. The van der Waals surface area contributed by atoms with E-state index in [2.05, 4.69) is 0 Å². The maximum atomic E-state index is 12.9. The number of carbonyl (C=O) groups is 2. The average Bonchev–Trinajstić information content (AvgIpc) is 2.90. The minimum atomic E-state index is -1.06. The average molecular weight is 399 g/mol. The van der Waals surface area contributed by atoms with Crippen molar-refractivity contribution in [3.8, 4) is 5.75 Å². The number of aromatic carboxylic acids is 1. The van der Waals surface area contributed by atoms with Gasteiger partial charge in [-0.1, -0.05) is 48.2 Å². The van der Waals surface area contributed by atoms with E-state index >= 15 is 0 Å². The summed E-state index contributed by atoms with van der Waals surface area (Å²) in [6, 6.07) is 13.6. The van der Waals surface area contributed by atoms with Crippen LogP contribution in [0.1, 0.15) is 29.8 Å². The summed E-state index contributed by atoms with van der Waals surface area (Å²) >= 11 is 6.53. The number of ether oxygens (including phenoxy) is 1. The Morgan fingerprint density at radius 2 is 1.96 bits per heavy atom. The second kappa shape index (κ2) is 7.94. The molecule has 1 heterocycles. The fourth-order valence-corrected chi connectivity index (χ4v) is 3.86. The number of para-hydroxylation sites is 1. The van der Waals surface area contributed by atoms with E-state index in [1.54, 1.807) is 18.2 Å². The van der Waals surface area contributed by atoms with Crippen molar-refractivity contribution >= 4 is 51.9 Å². The van der Waals surface area contributed by atoms with Gasteiger partial charge in [-0.2, -0.15) is 0 Å². The first-order valence-electron chi connectivity index (χ1n) is 8.24. The van der Waals surface area contributed by atoms with E-state index in [0.29, 0.717) is 20.7 Å². The Kier molecular flexibility index (Phi) is 5.62. The number of nitrogens with zero attached hydrogens (tertiary/aromatic N) is 1. The van der Waals surface area contributed by atoms with Crippen molar-refractivity contribution in [3.63, 3.8) is 0 Å².